The van der Waals surface area contributed by atoms with E-state index in [1.165, 1.54) is 0 Å². The zero-order valence-corrected chi connectivity index (χ0v) is 15.8. The van der Waals surface area contributed by atoms with Gasteiger partial charge in [0.25, 0.3) is 5.91 Å². The first-order valence-electron chi connectivity index (χ1n) is 8.10. The van der Waals surface area contributed by atoms with E-state index in [1.807, 2.05) is 36.2 Å². The second-order valence-electron chi connectivity index (χ2n) is 5.83. The van der Waals surface area contributed by atoms with Crippen LogP contribution in [-0.2, 0) is 14.3 Å². The minimum absolute atomic E-state index is 0.0265. The van der Waals surface area contributed by atoms with Crippen LogP contribution in [0.2, 0.25) is 5.02 Å². The number of hydrogen-bond acceptors (Lipinski definition) is 4. The summed E-state index contributed by atoms with van der Waals surface area (Å²) in [4.78, 5) is 27.2. The smallest absolute Gasteiger partial charge is 0.364 e. The highest BCUT2D eigenvalue weighted by Crippen LogP contribution is 2.40. The van der Waals surface area contributed by atoms with E-state index >= 15 is 0 Å². The number of likely N-dealkylation sites (N-methyl/N-ethyl adjacent to an activating group) is 1. The number of benzene rings is 1. The summed E-state index contributed by atoms with van der Waals surface area (Å²) < 4.78 is 5.03. The van der Waals surface area contributed by atoms with Crippen LogP contribution in [0.25, 0.3) is 0 Å². The van der Waals surface area contributed by atoms with E-state index in [2.05, 4.69) is 0 Å². The van der Waals surface area contributed by atoms with Crippen molar-refractivity contribution in [3.63, 3.8) is 0 Å². The Bertz CT molecular complexity index is 599. The van der Waals surface area contributed by atoms with Crippen molar-refractivity contribution in [1.29, 1.82) is 0 Å². The van der Waals surface area contributed by atoms with Crippen LogP contribution in [0, 0.1) is 0 Å². The highest BCUT2D eigenvalue weighted by molar-refractivity contribution is 7.99. The van der Waals surface area contributed by atoms with Crippen LogP contribution in [0.1, 0.15) is 24.8 Å². The first-order chi connectivity index (χ1) is 11.5. The maximum Gasteiger partial charge on any atom is 0.364 e. The zero-order chi connectivity index (χ0) is 17.7. The third-order valence-electron chi connectivity index (χ3n) is 4.19. The second kappa shape index (κ2) is 8.74. The van der Waals surface area contributed by atoms with Gasteiger partial charge < -0.3 is 14.5 Å². The lowest BCUT2D eigenvalue weighted by Gasteiger charge is -2.27. The average Bonchev–Trinajstić information content (AvgIpc) is 3.04. The van der Waals surface area contributed by atoms with Crippen molar-refractivity contribution in [1.82, 2.24) is 4.90 Å². The van der Waals surface area contributed by atoms with Crippen LogP contribution in [0.5, 0.6) is 0 Å². The Morgan fingerprint density at radius 1 is 1.46 bits per heavy atom. The first kappa shape index (κ1) is 19.1. The molecule has 1 amide bonds. The maximum atomic E-state index is 12.7. The van der Waals surface area contributed by atoms with E-state index in [0.717, 1.165) is 16.2 Å². The molecule has 1 unspecified atom stereocenters. The number of esters is 1. The minimum atomic E-state index is -0.372. The molecule has 5 nitrogen and oxygen atoms in total. The second-order valence-corrected chi connectivity index (χ2v) is 7.42. The number of carbonyl (C=O) groups is 2. The van der Waals surface area contributed by atoms with Gasteiger partial charge in [-0.25, -0.2) is 4.79 Å². The lowest BCUT2D eigenvalue weighted by Crippen LogP contribution is -3.14. The first-order valence-corrected chi connectivity index (χ1v) is 9.52. The molecular formula is C17H24ClN2O3S+. The van der Waals surface area contributed by atoms with Gasteiger partial charge in [-0.3, -0.25) is 4.79 Å². The number of nitrogens with zero attached hydrogens (tertiary/aromatic N) is 1. The topological polar surface area (TPSA) is 51.1 Å². The number of hydrogen-bond donors (Lipinski definition) is 1. The van der Waals surface area contributed by atoms with Gasteiger partial charge in [0.15, 0.2) is 12.6 Å². The normalized spacial score (nSPS) is 19.8. The van der Waals surface area contributed by atoms with Crippen molar-refractivity contribution < 1.29 is 19.2 Å². The van der Waals surface area contributed by atoms with Crippen LogP contribution in [0.4, 0.5) is 0 Å². The summed E-state index contributed by atoms with van der Waals surface area (Å²) in [5, 5.41) is 0.618. The molecule has 1 aromatic carbocycles. The zero-order valence-electron chi connectivity index (χ0n) is 14.3. The molecule has 132 valence electrons. The molecule has 0 spiro atoms. The highest BCUT2D eigenvalue weighted by Gasteiger charge is 2.34. The fourth-order valence-corrected chi connectivity index (χ4v) is 4.24. The van der Waals surface area contributed by atoms with Crippen molar-refractivity contribution in [3.05, 3.63) is 34.9 Å². The Morgan fingerprint density at radius 2 is 2.17 bits per heavy atom. The predicted octanol–water partition coefficient (Wildman–Crippen LogP) is 1.38. The van der Waals surface area contributed by atoms with Crippen molar-refractivity contribution in [2.24, 2.45) is 0 Å². The molecule has 24 heavy (non-hydrogen) atoms. The van der Waals surface area contributed by atoms with Gasteiger partial charge in [-0.1, -0.05) is 29.8 Å². The molecule has 0 aliphatic carbocycles. The van der Waals surface area contributed by atoms with Gasteiger partial charge in [0.05, 0.1) is 13.7 Å². The van der Waals surface area contributed by atoms with Crippen LogP contribution < -0.4 is 4.90 Å². The number of nitrogens with one attached hydrogen (secondary N) is 1. The van der Waals surface area contributed by atoms with Gasteiger partial charge in [-0.15, -0.1) is 11.8 Å². The Kier molecular flexibility index (Phi) is 6.95. The van der Waals surface area contributed by atoms with E-state index < -0.39 is 0 Å². The number of carbonyl (C=O) groups excluding carboxylic acids is 2. The summed E-state index contributed by atoms with van der Waals surface area (Å²) in [6.07, 6.45) is 0. The lowest BCUT2D eigenvalue weighted by atomic mass is 10.2. The number of rotatable bonds is 6. The van der Waals surface area contributed by atoms with Gasteiger partial charge >= 0.3 is 5.97 Å². The molecule has 1 fully saturated rings. The maximum absolute atomic E-state index is 12.7. The molecule has 1 aliphatic rings. The SMILES string of the molecule is CCOC(=O)[C@H](C)[NH+](C)CC(=O)N1CCS[C@@H]1c1ccccc1Cl. The van der Waals surface area contributed by atoms with E-state index in [-0.39, 0.29) is 29.8 Å². The van der Waals surface area contributed by atoms with Crippen molar-refractivity contribution in [2.75, 3.05) is 32.5 Å². The van der Waals surface area contributed by atoms with Crippen LogP contribution in [0.3, 0.4) is 0 Å². The molecule has 0 bridgehead atoms. The molecular weight excluding hydrogens is 348 g/mol. The largest absolute Gasteiger partial charge is 0.462 e. The number of halogens is 1. The van der Waals surface area contributed by atoms with E-state index in [9.17, 15) is 9.59 Å². The third-order valence-corrected chi connectivity index (χ3v) is 5.78. The Morgan fingerprint density at radius 3 is 2.83 bits per heavy atom. The summed E-state index contributed by atoms with van der Waals surface area (Å²) in [5.74, 6) is 0.633. The monoisotopic (exact) mass is 371 g/mol. The molecule has 7 heteroatoms. The molecule has 0 aromatic heterocycles. The molecule has 1 aliphatic heterocycles. The number of ether oxygens (including phenoxy) is 1. The molecule has 1 saturated heterocycles. The molecule has 1 heterocycles. The Hall–Kier alpha value is -1.24. The lowest BCUT2D eigenvalue weighted by molar-refractivity contribution is -0.887. The summed E-state index contributed by atoms with van der Waals surface area (Å²) >= 11 is 8.00. The van der Waals surface area contributed by atoms with Gasteiger partial charge in [-0.05, 0) is 19.9 Å². The molecule has 3 atom stereocenters. The number of quaternary nitrogens is 1. The van der Waals surface area contributed by atoms with Crippen molar-refractivity contribution in [3.8, 4) is 0 Å². The fraction of sp³-hybridized carbons (Fsp3) is 0.529. The Labute approximate surface area is 152 Å². The van der Waals surface area contributed by atoms with E-state index in [4.69, 9.17) is 16.3 Å². The summed E-state index contributed by atoms with van der Waals surface area (Å²) in [7, 11) is 1.84. The standard InChI is InChI=1S/C17H23ClN2O3S/c1-4-23-17(22)12(2)19(3)11-15(21)20-9-10-24-16(20)13-7-5-6-8-14(13)18/h5-8,12,16H,4,9-11H2,1-3H3/p+1/t12-,16+/m0/s1. The van der Waals surface area contributed by atoms with Gasteiger partial charge in [0.1, 0.15) is 5.37 Å². The third kappa shape index (κ3) is 4.43. The van der Waals surface area contributed by atoms with E-state index in [1.54, 1.807) is 25.6 Å². The van der Waals surface area contributed by atoms with Crippen LogP contribution in [0.15, 0.2) is 24.3 Å². The number of amides is 1. The summed E-state index contributed by atoms with van der Waals surface area (Å²) in [6, 6.07) is 7.25. The quantitative estimate of drug-likeness (QED) is 0.768. The Balaban J connectivity index is 2.03. The van der Waals surface area contributed by atoms with Crippen molar-refractivity contribution >= 4 is 35.2 Å². The molecule has 1 aromatic rings. The average molecular weight is 372 g/mol. The van der Waals surface area contributed by atoms with Crippen LogP contribution in [-0.4, -0.2) is 55.3 Å². The molecule has 0 saturated carbocycles. The summed E-state index contributed by atoms with van der Waals surface area (Å²) in [6.45, 7) is 4.86. The predicted molar refractivity (Wildman–Crippen MR) is 96.2 cm³/mol. The van der Waals surface area contributed by atoms with Crippen LogP contribution >= 0.6 is 23.4 Å². The van der Waals surface area contributed by atoms with Crippen molar-refractivity contribution in [2.45, 2.75) is 25.3 Å². The minimum Gasteiger partial charge on any atom is -0.462 e. The highest BCUT2D eigenvalue weighted by atomic mass is 35.5. The molecule has 2 rings (SSSR count). The summed E-state index contributed by atoms with van der Waals surface area (Å²) in [5.41, 5.74) is 0.964. The fourth-order valence-electron chi connectivity index (χ4n) is 2.62. The van der Waals surface area contributed by atoms with Gasteiger partial charge in [0.2, 0.25) is 0 Å². The molecule has 0 radical (unpaired) electrons. The molecule has 1 N–H and O–H groups in total. The van der Waals surface area contributed by atoms with Gasteiger partial charge in [-0.2, -0.15) is 0 Å². The van der Waals surface area contributed by atoms with Gasteiger partial charge in [0, 0.05) is 22.9 Å². The number of thioether (sulfide) groups is 1. The van der Waals surface area contributed by atoms with E-state index in [0.29, 0.717) is 18.2 Å².